The van der Waals surface area contributed by atoms with Crippen molar-refractivity contribution in [3.63, 3.8) is 0 Å². The molecule has 1 fully saturated rings. The van der Waals surface area contributed by atoms with E-state index in [9.17, 15) is 9.18 Å². The molecule has 0 saturated carbocycles. The van der Waals surface area contributed by atoms with E-state index in [1.54, 1.807) is 13.0 Å². The molecule has 1 aromatic heterocycles. The van der Waals surface area contributed by atoms with Gasteiger partial charge in [-0.2, -0.15) is 0 Å². The molecule has 1 saturated heterocycles. The van der Waals surface area contributed by atoms with E-state index in [1.165, 1.54) is 6.07 Å². The van der Waals surface area contributed by atoms with E-state index in [0.29, 0.717) is 24.4 Å². The molecule has 0 amide bonds. The highest BCUT2D eigenvalue weighted by atomic mass is 19.1. The Morgan fingerprint density at radius 1 is 1.39 bits per heavy atom. The van der Waals surface area contributed by atoms with Crippen molar-refractivity contribution in [2.24, 2.45) is 5.92 Å². The van der Waals surface area contributed by atoms with E-state index in [-0.39, 0.29) is 11.7 Å². The van der Waals surface area contributed by atoms with Gasteiger partial charge < -0.3 is 9.52 Å². The molecule has 1 aromatic carbocycles. The largest absolute Gasteiger partial charge is 0.481 e. The lowest BCUT2D eigenvalue weighted by Crippen LogP contribution is -2.38. The number of aliphatic carboxylic acids is 1. The number of hydrogen-bond acceptors (Lipinski definition) is 3. The number of furan rings is 1. The minimum Gasteiger partial charge on any atom is -0.481 e. The average molecular weight is 317 g/mol. The van der Waals surface area contributed by atoms with Crippen molar-refractivity contribution >= 4 is 5.97 Å². The average Bonchev–Trinajstić information content (AvgIpc) is 2.98. The third kappa shape index (κ3) is 3.45. The SMILES string of the molecule is Cc1c(F)cccc1-c1ccc(CN2CCCC(C(=O)O)C2)o1. The third-order valence-corrected chi connectivity index (χ3v) is 4.43. The first kappa shape index (κ1) is 15.7. The second-order valence-corrected chi connectivity index (χ2v) is 6.09. The monoisotopic (exact) mass is 317 g/mol. The van der Waals surface area contributed by atoms with Crippen LogP contribution in [0.4, 0.5) is 4.39 Å². The second kappa shape index (κ2) is 6.54. The highest BCUT2D eigenvalue weighted by Crippen LogP contribution is 2.28. The lowest BCUT2D eigenvalue weighted by atomic mass is 9.98. The number of likely N-dealkylation sites (tertiary alicyclic amines) is 1. The Kier molecular flexibility index (Phi) is 4.48. The second-order valence-electron chi connectivity index (χ2n) is 6.09. The lowest BCUT2D eigenvalue weighted by molar-refractivity contribution is -0.143. The number of carbonyl (C=O) groups is 1. The number of piperidine rings is 1. The number of nitrogens with zero attached hydrogens (tertiary/aromatic N) is 1. The molecule has 0 aliphatic carbocycles. The van der Waals surface area contributed by atoms with Crippen LogP contribution in [-0.2, 0) is 11.3 Å². The van der Waals surface area contributed by atoms with Crippen molar-refractivity contribution in [2.45, 2.75) is 26.3 Å². The maximum atomic E-state index is 13.7. The van der Waals surface area contributed by atoms with E-state index in [2.05, 4.69) is 4.90 Å². The maximum absolute atomic E-state index is 13.7. The van der Waals surface area contributed by atoms with Crippen LogP contribution in [0, 0.1) is 18.7 Å². The fourth-order valence-corrected chi connectivity index (χ4v) is 3.10. The first-order valence-electron chi connectivity index (χ1n) is 7.84. The van der Waals surface area contributed by atoms with E-state index in [4.69, 9.17) is 9.52 Å². The van der Waals surface area contributed by atoms with Gasteiger partial charge in [-0.1, -0.05) is 12.1 Å². The van der Waals surface area contributed by atoms with E-state index < -0.39 is 5.97 Å². The molecule has 5 heteroatoms. The quantitative estimate of drug-likeness (QED) is 0.934. The Labute approximate surface area is 134 Å². The highest BCUT2D eigenvalue weighted by Gasteiger charge is 2.25. The van der Waals surface area contributed by atoms with Gasteiger partial charge >= 0.3 is 5.97 Å². The molecule has 0 bridgehead atoms. The standard InChI is InChI=1S/C18H20FNO3/c1-12-15(5-2-6-16(12)19)17-8-7-14(23-17)11-20-9-3-4-13(10-20)18(21)22/h2,5-8,13H,3-4,9-11H2,1H3,(H,21,22). The summed E-state index contributed by atoms with van der Waals surface area (Å²) in [5.74, 6) is 0.133. The Morgan fingerprint density at radius 2 is 2.22 bits per heavy atom. The van der Waals surface area contributed by atoms with E-state index >= 15 is 0 Å². The van der Waals surface area contributed by atoms with Crippen LogP contribution >= 0.6 is 0 Å². The van der Waals surface area contributed by atoms with Gasteiger partial charge in [0.15, 0.2) is 0 Å². The summed E-state index contributed by atoms with van der Waals surface area (Å²) >= 11 is 0. The zero-order valence-electron chi connectivity index (χ0n) is 13.1. The number of benzene rings is 1. The van der Waals surface area contributed by atoms with Gasteiger partial charge in [-0.05, 0) is 50.1 Å². The fourth-order valence-electron chi connectivity index (χ4n) is 3.10. The summed E-state index contributed by atoms with van der Waals surface area (Å²) in [6.45, 7) is 3.73. The van der Waals surface area contributed by atoms with Gasteiger partial charge in [0.2, 0.25) is 0 Å². The van der Waals surface area contributed by atoms with E-state index in [0.717, 1.165) is 30.7 Å². The molecule has 2 heterocycles. The minimum absolute atomic E-state index is 0.249. The zero-order chi connectivity index (χ0) is 16.4. The van der Waals surface area contributed by atoms with Crippen molar-refractivity contribution in [2.75, 3.05) is 13.1 Å². The van der Waals surface area contributed by atoms with Crippen LogP contribution in [0.3, 0.4) is 0 Å². The van der Waals surface area contributed by atoms with E-state index in [1.807, 2.05) is 18.2 Å². The first-order chi connectivity index (χ1) is 11.0. The molecule has 3 rings (SSSR count). The minimum atomic E-state index is -0.731. The van der Waals surface area contributed by atoms with Crippen LogP contribution in [0.15, 0.2) is 34.7 Å². The summed E-state index contributed by atoms with van der Waals surface area (Å²) in [7, 11) is 0. The summed E-state index contributed by atoms with van der Waals surface area (Å²) in [4.78, 5) is 13.2. The van der Waals surface area contributed by atoms with Crippen LogP contribution in [0.2, 0.25) is 0 Å². The predicted molar refractivity (Wildman–Crippen MR) is 84.5 cm³/mol. The first-order valence-corrected chi connectivity index (χ1v) is 7.84. The van der Waals surface area contributed by atoms with Gasteiger partial charge in [0.05, 0.1) is 12.5 Å². The molecule has 0 spiro atoms. The van der Waals surface area contributed by atoms with Gasteiger partial charge in [0, 0.05) is 12.1 Å². The maximum Gasteiger partial charge on any atom is 0.307 e. The molecule has 1 aliphatic heterocycles. The molecule has 4 nitrogen and oxygen atoms in total. The predicted octanol–water partition coefficient (Wildman–Crippen LogP) is 3.69. The Morgan fingerprint density at radius 3 is 3.00 bits per heavy atom. The van der Waals surface area contributed by atoms with Crippen molar-refractivity contribution in [1.82, 2.24) is 4.90 Å². The third-order valence-electron chi connectivity index (χ3n) is 4.43. The van der Waals surface area contributed by atoms with Gasteiger partial charge in [-0.25, -0.2) is 4.39 Å². The zero-order valence-corrected chi connectivity index (χ0v) is 13.1. The van der Waals surface area contributed by atoms with Crippen LogP contribution in [0.5, 0.6) is 0 Å². The number of hydrogen-bond donors (Lipinski definition) is 1. The Hall–Kier alpha value is -2.14. The van der Waals surface area contributed by atoms with Crippen LogP contribution < -0.4 is 0 Å². The van der Waals surface area contributed by atoms with Gasteiger partial charge in [0.25, 0.3) is 0 Å². The molecule has 1 atom stereocenters. The summed E-state index contributed by atoms with van der Waals surface area (Å²) in [6.07, 6.45) is 1.62. The van der Waals surface area contributed by atoms with Crippen molar-refractivity contribution in [3.8, 4) is 11.3 Å². The van der Waals surface area contributed by atoms with Crippen molar-refractivity contribution in [3.05, 3.63) is 47.5 Å². The lowest BCUT2D eigenvalue weighted by Gasteiger charge is -2.29. The molecule has 2 aromatic rings. The van der Waals surface area contributed by atoms with Gasteiger partial charge in [0.1, 0.15) is 17.3 Å². The summed E-state index contributed by atoms with van der Waals surface area (Å²) < 4.78 is 19.5. The Bertz CT molecular complexity index is 710. The number of carboxylic acid groups (broad SMARTS) is 1. The Balaban J connectivity index is 1.72. The van der Waals surface area contributed by atoms with Gasteiger partial charge in [-0.3, -0.25) is 9.69 Å². The normalized spacial score (nSPS) is 19.0. The van der Waals surface area contributed by atoms with Crippen molar-refractivity contribution in [1.29, 1.82) is 0 Å². The van der Waals surface area contributed by atoms with Crippen LogP contribution in [0.1, 0.15) is 24.2 Å². The molecule has 1 aliphatic rings. The fraction of sp³-hybridized carbons (Fsp3) is 0.389. The van der Waals surface area contributed by atoms with Gasteiger partial charge in [-0.15, -0.1) is 0 Å². The smallest absolute Gasteiger partial charge is 0.307 e. The topological polar surface area (TPSA) is 53.7 Å². The molecular formula is C18H20FNO3. The van der Waals surface area contributed by atoms with Crippen LogP contribution in [0.25, 0.3) is 11.3 Å². The molecule has 0 radical (unpaired) electrons. The summed E-state index contributed by atoms with van der Waals surface area (Å²) in [5, 5.41) is 9.15. The molecule has 1 unspecified atom stereocenters. The highest BCUT2D eigenvalue weighted by molar-refractivity contribution is 5.70. The number of halogens is 1. The molecule has 23 heavy (non-hydrogen) atoms. The number of rotatable bonds is 4. The van der Waals surface area contributed by atoms with Crippen LogP contribution in [-0.4, -0.2) is 29.1 Å². The summed E-state index contributed by atoms with van der Waals surface area (Å²) in [6, 6.07) is 8.66. The molecular weight excluding hydrogens is 297 g/mol. The van der Waals surface area contributed by atoms with Crippen molar-refractivity contribution < 1.29 is 18.7 Å². The summed E-state index contributed by atoms with van der Waals surface area (Å²) in [5.41, 5.74) is 1.32. The molecule has 122 valence electrons. The molecule has 1 N–H and O–H groups in total. The number of carboxylic acids is 1.